The molecule has 126 valence electrons. The van der Waals surface area contributed by atoms with Crippen LogP contribution >= 0.6 is 22.9 Å². The molecule has 1 N–H and O–H groups in total. The molecule has 0 spiro atoms. The van der Waals surface area contributed by atoms with Gasteiger partial charge in [0.15, 0.2) is 11.5 Å². The number of nitrogens with one attached hydrogen (secondary N) is 1. The first-order valence-corrected chi connectivity index (χ1v) is 8.79. The van der Waals surface area contributed by atoms with Gasteiger partial charge >= 0.3 is 0 Å². The summed E-state index contributed by atoms with van der Waals surface area (Å²) in [5.41, 5.74) is 3.04. The van der Waals surface area contributed by atoms with E-state index in [-0.39, 0.29) is 12.7 Å². The van der Waals surface area contributed by atoms with E-state index in [1.807, 2.05) is 36.6 Å². The molecule has 5 nitrogen and oxygen atoms in total. The minimum Gasteiger partial charge on any atom is -0.454 e. The van der Waals surface area contributed by atoms with Crippen LogP contribution in [0.15, 0.2) is 41.8 Å². The Kier molecular flexibility index (Phi) is 4.07. The number of rotatable bonds is 3. The molecular formula is C18H13ClN2O3S. The van der Waals surface area contributed by atoms with E-state index in [1.165, 1.54) is 0 Å². The van der Waals surface area contributed by atoms with Crippen molar-refractivity contribution >= 4 is 34.5 Å². The molecule has 1 aromatic heterocycles. The Morgan fingerprint density at radius 1 is 1.24 bits per heavy atom. The zero-order chi connectivity index (χ0) is 17.4. The highest BCUT2D eigenvalue weighted by Gasteiger charge is 2.20. The van der Waals surface area contributed by atoms with E-state index in [9.17, 15) is 4.79 Å². The first-order chi connectivity index (χ1) is 12.1. The van der Waals surface area contributed by atoms with E-state index in [2.05, 4.69) is 10.3 Å². The largest absolute Gasteiger partial charge is 0.454 e. The van der Waals surface area contributed by atoms with Gasteiger partial charge in [-0.05, 0) is 31.2 Å². The molecule has 3 aromatic rings. The minimum atomic E-state index is -0.266. The Balaban J connectivity index is 1.52. The van der Waals surface area contributed by atoms with E-state index in [4.69, 9.17) is 21.1 Å². The molecule has 0 bridgehead atoms. The second-order valence-electron chi connectivity index (χ2n) is 5.48. The number of thiazole rings is 1. The predicted octanol–water partition coefficient (Wildman–Crippen LogP) is 4.75. The SMILES string of the molecule is Cc1nc(-c2ccc(NC(=O)c3cc(Cl)c4c(c3)OCO4)cc2)cs1. The standard InChI is InChI=1S/C18H13ClN2O3S/c1-10-20-15(8-25-10)11-2-4-13(5-3-11)21-18(22)12-6-14(19)17-16(7-12)23-9-24-17/h2-8H,9H2,1H3,(H,21,22). The van der Waals surface area contributed by atoms with Gasteiger partial charge in [-0.3, -0.25) is 4.79 Å². The fourth-order valence-corrected chi connectivity index (χ4v) is 3.41. The second-order valence-corrected chi connectivity index (χ2v) is 6.94. The molecule has 1 aliphatic rings. The van der Waals surface area contributed by atoms with Crippen LogP contribution in [0.2, 0.25) is 5.02 Å². The van der Waals surface area contributed by atoms with Crippen LogP contribution < -0.4 is 14.8 Å². The van der Waals surface area contributed by atoms with E-state index in [0.29, 0.717) is 27.8 Å². The Morgan fingerprint density at radius 3 is 2.76 bits per heavy atom. The topological polar surface area (TPSA) is 60.5 Å². The first-order valence-electron chi connectivity index (χ1n) is 7.53. The van der Waals surface area contributed by atoms with Crippen LogP contribution in [0.3, 0.4) is 0 Å². The van der Waals surface area contributed by atoms with Crippen molar-refractivity contribution in [2.75, 3.05) is 12.1 Å². The summed E-state index contributed by atoms with van der Waals surface area (Å²) in [5.74, 6) is 0.686. The Morgan fingerprint density at radius 2 is 2.04 bits per heavy atom. The van der Waals surface area contributed by atoms with Crippen LogP contribution in [-0.4, -0.2) is 17.7 Å². The fraction of sp³-hybridized carbons (Fsp3) is 0.111. The van der Waals surface area contributed by atoms with Crippen molar-refractivity contribution in [1.82, 2.24) is 4.98 Å². The van der Waals surface area contributed by atoms with Gasteiger partial charge in [0.05, 0.1) is 15.7 Å². The van der Waals surface area contributed by atoms with Gasteiger partial charge in [-0.15, -0.1) is 11.3 Å². The van der Waals surface area contributed by atoms with Gasteiger partial charge in [0.2, 0.25) is 6.79 Å². The normalized spacial score (nSPS) is 12.2. The van der Waals surface area contributed by atoms with Crippen molar-refractivity contribution in [2.24, 2.45) is 0 Å². The smallest absolute Gasteiger partial charge is 0.255 e. The monoisotopic (exact) mass is 372 g/mol. The van der Waals surface area contributed by atoms with Crippen LogP contribution in [0.25, 0.3) is 11.3 Å². The van der Waals surface area contributed by atoms with Crippen LogP contribution in [0.1, 0.15) is 15.4 Å². The second kappa shape index (κ2) is 6.38. The van der Waals surface area contributed by atoms with E-state index >= 15 is 0 Å². The molecule has 0 radical (unpaired) electrons. The molecule has 1 aliphatic heterocycles. The summed E-state index contributed by atoms with van der Waals surface area (Å²) >= 11 is 7.73. The van der Waals surface area contributed by atoms with Crippen molar-refractivity contribution in [3.8, 4) is 22.8 Å². The lowest BCUT2D eigenvalue weighted by Gasteiger charge is -2.08. The highest BCUT2D eigenvalue weighted by molar-refractivity contribution is 7.09. The fourth-order valence-electron chi connectivity index (χ4n) is 2.52. The number of ether oxygens (including phenoxy) is 2. The zero-order valence-corrected chi connectivity index (χ0v) is 14.8. The quantitative estimate of drug-likeness (QED) is 0.720. The molecule has 2 heterocycles. The molecule has 4 rings (SSSR count). The van der Waals surface area contributed by atoms with E-state index < -0.39 is 0 Å². The third-order valence-corrected chi connectivity index (χ3v) is 4.80. The van der Waals surface area contributed by atoms with Gasteiger partial charge in [0.25, 0.3) is 5.91 Å². The molecule has 25 heavy (non-hydrogen) atoms. The van der Waals surface area contributed by atoms with Crippen LogP contribution in [0.4, 0.5) is 5.69 Å². The molecule has 0 atom stereocenters. The Labute approximate surface area is 153 Å². The number of fused-ring (bicyclic) bond motifs is 1. The number of carbonyl (C=O) groups excluding carboxylic acids is 1. The first kappa shape index (κ1) is 15.9. The molecule has 0 saturated carbocycles. The van der Waals surface area contributed by atoms with Crippen molar-refractivity contribution in [3.63, 3.8) is 0 Å². The van der Waals surface area contributed by atoms with E-state index in [1.54, 1.807) is 23.5 Å². The zero-order valence-electron chi connectivity index (χ0n) is 13.2. The van der Waals surface area contributed by atoms with Crippen molar-refractivity contribution in [1.29, 1.82) is 0 Å². The molecule has 1 amide bonds. The number of aromatic nitrogens is 1. The summed E-state index contributed by atoms with van der Waals surface area (Å²) in [6.07, 6.45) is 0. The van der Waals surface area contributed by atoms with Crippen LogP contribution in [0.5, 0.6) is 11.5 Å². The van der Waals surface area contributed by atoms with Crippen molar-refractivity contribution in [2.45, 2.75) is 6.92 Å². The Hall–Kier alpha value is -2.57. The lowest BCUT2D eigenvalue weighted by atomic mass is 10.1. The van der Waals surface area contributed by atoms with Gasteiger partial charge in [0.1, 0.15) is 0 Å². The van der Waals surface area contributed by atoms with E-state index in [0.717, 1.165) is 16.3 Å². The molecule has 0 fully saturated rings. The Bertz CT molecular complexity index is 953. The summed E-state index contributed by atoms with van der Waals surface area (Å²) in [6, 6.07) is 10.7. The third kappa shape index (κ3) is 3.18. The number of halogens is 1. The average molecular weight is 373 g/mol. The van der Waals surface area contributed by atoms with Gasteiger partial charge in [-0.1, -0.05) is 23.7 Å². The number of carbonyl (C=O) groups is 1. The maximum absolute atomic E-state index is 12.4. The van der Waals surface area contributed by atoms with Gasteiger partial charge < -0.3 is 14.8 Å². The summed E-state index contributed by atoms with van der Waals surface area (Å²) in [5, 5.41) is 6.24. The number of hydrogen-bond donors (Lipinski definition) is 1. The minimum absolute atomic E-state index is 0.109. The van der Waals surface area contributed by atoms with Gasteiger partial charge in [-0.25, -0.2) is 4.98 Å². The predicted molar refractivity (Wildman–Crippen MR) is 97.8 cm³/mol. The number of amides is 1. The summed E-state index contributed by atoms with van der Waals surface area (Å²) < 4.78 is 10.5. The lowest BCUT2D eigenvalue weighted by Crippen LogP contribution is -2.11. The molecule has 7 heteroatoms. The van der Waals surface area contributed by atoms with Crippen molar-refractivity contribution < 1.29 is 14.3 Å². The summed E-state index contributed by atoms with van der Waals surface area (Å²) in [6.45, 7) is 2.08. The highest BCUT2D eigenvalue weighted by Crippen LogP contribution is 2.39. The maximum atomic E-state index is 12.4. The highest BCUT2D eigenvalue weighted by atomic mass is 35.5. The number of benzene rings is 2. The number of anilines is 1. The third-order valence-electron chi connectivity index (χ3n) is 3.75. The molecule has 0 saturated heterocycles. The lowest BCUT2D eigenvalue weighted by molar-refractivity contribution is 0.102. The number of hydrogen-bond acceptors (Lipinski definition) is 5. The van der Waals surface area contributed by atoms with Crippen molar-refractivity contribution in [3.05, 3.63) is 57.4 Å². The van der Waals surface area contributed by atoms with Crippen LogP contribution in [0, 0.1) is 6.92 Å². The summed E-state index contributed by atoms with van der Waals surface area (Å²) in [4.78, 5) is 16.9. The number of nitrogens with zero attached hydrogens (tertiary/aromatic N) is 1. The van der Waals surface area contributed by atoms with Gasteiger partial charge in [0, 0.05) is 22.2 Å². The van der Waals surface area contributed by atoms with Gasteiger partial charge in [-0.2, -0.15) is 0 Å². The molecule has 0 unspecified atom stereocenters. The van der Waals surface area contributed by atoms with Crippen LogP contribution in [-0.2, 0) is 0 Å². The maximum Gasteiger partial charge on any atom is 0.255 e. The number of aryl methyl sites for hydroxylation is 1. The summed E-state index contributed by atoms with van der Waals surface area (Å²) in [7, 11) is 0. The molecular weight excluding hydrogens is 360 g/mol. The molecule has 0 aliphatic carbocycles. The molecule has 2 aromatic carbocycles. The average Bonchev–Trinajstić information content (AvgIpc) is 3.24.